The number of hydrogen-bond acceptors (Lipinski definition) is 4. The van der Waals surface area contributed by atoms with E-state index in [9.17, 15) is 0 Å². The highest BCUT2D eigenvalue weighted by Gasteiger charge is 2.14. The smallest absolute Gasteiger partial charge is 0.116 e. The van der Waals surface area contributed by atoms with Crippen LogP contribution in [0.3, 0.4) is 0 Å². The van der Waals surface area contributed by atoms with Crippen molar-refractivity contribution < 1.29 is 0 Å². The molecule has 3 aromatic heterocycles. The molecule has 0 spiro atoms. The van der Waals surface area contributed by atoms with Crippen LogP contribution < -0.4 is 21.2 Å². The molecule has 0 aliphatic carbocycles. The Hall–Kier alpha value is -3.90. The van der Waals surface area contributed by atoms with Crippen LogP contribution in [0.1, 0.15) is 33.1 Å². The summed E-state index contributed by atoms with van der Waals surface area (Å²) in [6.07, 6.45) is 17.0. The fraction of sp³-hybridized carbons (Fsp3) is 0.267. The number of nitrogens with one attached hydrogen (secondary N) is 4. The highest BCUT2D eigenvalue weighted by Crippen LogP contribution is 2.22. The first kappa shape index (κ1) is 25.2. The summed E-state index contributed by atoms with van der Waals surface area (Å²) >= 11 is 0. The lowest BCUT2D eigenvalue weighted by molar-refractivity contribution is 0.368. The van der Waals surface area contributed by atoms with Crippen LogP contribution in [0.4, 0.5) is 0 Å². The minimum Gasteiger partial charge on any atom is -0.359 e. The Balaban J connectivity index is 1.59. The van der Waals surface area contributed by atoms with Gasteiger partial charge in [0.1, 0.15) is 5.69 Å². The summed E-state index contributed by atoms with van der Waals surface area (Å²) in [6, 6.07) is 4.08. The van der Waals surface area contributed by atoms with Crippen molar-refractivity contribution in [3.63, 3.8) is 0 Å². The number of pyridine rings is 1. The molecule has 0 bridgehead atoms. The van der Waals surface area contributed by atoms with E-state index < -0.39 is 0 Å². The molecule has 1 fully saturated rings. The second-order valence-electron chi connectivity index (χ2n) is 9.18. The lowest BCUT2D eigenvalue weighted by atomic mass is 9.93. The van der Waals surface area contributed by atoms with Crippen molar-refractivity contribution in [1.82, 2.24) is 30.8 Å². The molecule has 4 heterocycles. The summed E-state index contributed by atoms with van der Waals surface area (Å²) < 4.78 is 0. The molecule has 0 aromatic carbocycles. The van der Waals surface area contributed by atoms with E-state index in [0.717, 1.165) is 74.9 Å². The van der Waals surface area contributed by atoms with Gasteiger partial charge < -0.3 is 15.6 Å². The SMILES string of the molecule is C=C/C(=C\C(=C/C)C(=C)/C=c1/c(-c2cc3ccncc3[nH]2)n[nH]/c1=C/C)NC(=C)CC1CCNCC1. The molecule has 1 aliphatic rings. The maximum absolute atomic E-state index is 4.60. The molecule has 4 rings (SSSR count). The number of aromatic nitrogens is 4. The number of H-pyrrole nitrogens is 2. The predicted molar refractivity (Wildman–Crippen MR) is 151 cm³/mol. The molecule has 1 saturated heterocycles. The molecule has 0 unspecified atom stereocenters. The lowest BCUT2D eigenvalue weighted by Crippen LogP contribution is -2.28. The summed E-state index contributed by atoms with van der Waals surface area (Å²) in [7, 11) is 0. The second-order valence-corrected chi connectivity index (χ2v) is 9.18. The molecule has 1 aliphatic heterocycles. The van der Waals surface area contributed by atoms with E-state index in [0.29, 0.717) is 5.92 Å². The van der Waals surface area contributed by atoms with Crippen LogP contribution in [0.5, 0.6) is 0 Å². The van der Waals surface area contributed by atoms with Gasteiger partial charge in [0.15, 0.2) is 0 Å². The number of fused-ring (bicyclic) bond motifs is 1. The third-order valence-electron chi connectivity index (χ3n) is 6.65. The van der Waals surface area contributed by atoms with Crippen molar-refractivity contribution in [1.29, 1.82) is 0 Å². The van der Waals surface area contributed by atoms with Crippen LogP contribution in [0.15, 0.2) is 85.0 Å². The third kappa shape index (κ3) is 5.83. The van der Waals surface area contributed by atoms with E-state index in [1.54, 1.807) is 6.20 Å². The molecule has 6 heteroatoms. The van der Waals surface area contributed by atoms with Gasteiger partial charge in [0.05, 0.1) is 22.8 Å². The van der Waals surface area contributed by atoms with Gasteiger partial charge >= 0.3 is 0 Å². The minimum atomic E-state index is 0.672. The molecule has 186 valence electrons. The normalized spacial score (nSPS) is 16.5. The van der Waals surface area contributed by atoms with Gasteiger partial charge in [-0.05, 0) is 93.6 Å². The Bertz CT molecular complexity index is 1410. The number of rotatable bonds is 9. The van der Waals surface area contributed by atoms with Crippen LogP contribution in [0.25, 0.3) is 34.4 Å². The summed E-state index contributed by atoms with van der Waals surface area (Å²) in [4.78, 5) is 7.64. The summed E-state index contributed by atoms with van der Waals surface area (Å²) in [5.74, 6) is 0.672. The lowest BCUT2D eigenvalue weighted by Gasteiger charge is -2.24. The highest BCUT2D eigenvalue weighted by molar-refractivity contribution is 5.84. The minimum absolute atomic E-state index is 0.672. The Morgan fingerprint density at radius 1 is 1.22 bits per heavy atom. The van der Waals surface area contributed by atoms with Crippen molar-refractivity contribution in [2.45, 2.75) is 33.1 Å². The van der Waals surface area contributed by atoms with Gasteiger partial charge in [-0.3, -0.25) is 10.1 Å². The molecule has 3 aromatic rings. The van der Waals surface area contributed by atoms with Crippen LogP contribution in [-0.2, 0) is 0 Å². The zero-order chi connectivity index (χ0) is 25.5. The van der Waals surface area contributed by atoms with Gasteiger partial charge in [-0.2, -0.15) is 5.10 Å². The standard InChI is InChI=1S/C30H36N6/c1-6-23(17-25(7-2)33-21(5)16-22-9-12-31-13-10-22)20(4)15-26-27(8-3)35-36-30(26)28-18-24-11-14-32-19-29(24)34-28/h6-8,11,14-15,17-19,22,31,33-35H,2,4-5,9-10,12-13,16H2,1,3H3/b23-6+,25-17+,26-15+,27-8+. The van der Waals surface area contributed by atoms with E-state index in [1.165, 1.54) is 12.8 Å². The quantitative estimate of drug-likeness (QED) is 0.338. The molecular formula is C30H36N6. The Morgan fingerprint density at radius 2 is 2.03 bits per heavy atom. The van der Waals surface area contributed by atoms with E-state index in [-0.39, 0.29) is 0 Å². The van der Waals surface area contributed by atoms with Gasteiger partial charge in [0, 0.05) is 28.2 Å². The zero-order valence-electron chi connectivity index (χ0n) is 21.3. The van der Waals surface area contributed by atoms with E-state index in [1.807, 2.05) is 38.3 Å². The largest absolute Gasteiger partial charge is 0.359 e. The topological polar surface area (TPSA) is 81.4 Å². The number of hydrogen-bond donors (Lipinski definition) is 4. The first-order chi connectivity index (χ1) is 17.5. The summed E-state index contributed by atoms with van der Waals surface area (Å²) in [6.45, 7) is 18.8. The van der Waals surface area contributed by atoms with E-state index >= 15 is 0 Å². The number of nitrogens with zero attached hydrogens (tertiary/aromatic N) is 2. The number of aromatic amines is 2. The first-order valence-electron chi connectivity index (χ1n) is 12.5. The molecule has 0 atom stereocenters. The monoisotopic (exact) mass is 480 g/mol. The Morgan fingerprint density at radius 3 is 2.72 bits per heavy atom. The van der Waals surface area contributed by atoms with Crippen LogP contribution in [0, 0.1) is 5.92 Å². The van der Waals surface area contributed by atoms with E-state index in [2.05, 4.69) is 74.8 Å². The van der Waals surface area contributed by atoms with Crippen molar-refractivity contribution in [2.75, 3.05) is 13.1 Å². The highest BCUT2D eigenvalue weighted by atomic mass is 15.1. The van der Waals surface area contributed by atoms with Gasteiger partial charge in [-0.15, -0.1) is 0 Å². The van der Waals surface area contributed by atoms with Crippen molar-refractivity contribution in [3.05, 3.63) is 95.6 Å². The van der Waals surface area contributed by atoms with Gasteiger partial charge in [0.2, 0.25) is 0 Å². The average Bonchev–Trinajstić information content (AvgIpc) is 3.50. The molecule has 36 heavy (non-hydrogen) atoms. The van der Waals surface area contributed by atoms with Gasteiger partial charge in [-0.1, -0.05) is 31.9 Å². The van der Waals surface area contributed by atoms with Crippen molar-refractivity contribution in [3.8, 4) is 11.4 Å². The van der Waals surface area contributed by atoms with Crippen molar-refractivity contribution in [2.24, 2.45) is 5.92 Å². The van der Waals surface area contributed by atoms with Crippen molar-refractivity contribution >= 4 is 23.1 Å². The predicted octanol–water partition coefficient (Wildman–Crippen LogP) is 4.60. The molecule has 0 amide bonds. The molecule has 0 radical (unpaired) electrons. The molecular weight excluding hydrogens is 444 g/mol. The maximum Gasteiger partial charge on any atom is 0.116 e. The zero-order valence-corrected chi connectivity index (χ0v) is 21.3. The van der Waals surface area contributed by atoms with Crippen LogP contribution >= 0.6 is 0 Å². The Kier molecular flexibility index (Phi) is 8.18. The Labute approximate surface area is 213 Å². The third-order valence-corrected chi connectivity index (χ3v) is 6.65. The maximum atomic E-state index is 4.60. The van der Waals surface area contributed by atoms with Crippen LogP contribution in [0.2, 0.25) is 0 Å². The molecule has 4 N–H and O–H groups in total. The van der Waals surface area contributed by atoms with Gasteiger partial charge in [0.25, 0.3) is 0 Å². The first-order valence-corrected chi connectivity index (χ1v) is 12.5. The van der Waals surface area contributed by atoms with Gasteiger partial charge in [-0.25, -0.2) is 0 Å². The summed E-state index contributed by atoms with van der Waals surface area (Å²) in [5, 5.41) is 17.7. The average molecular weight is 481 g/mol. The number of piperidine rings is 1. The molecule has 0 saturated carbocycles. The fourth-order valence-electron chi connectivity index (χ4n) is 4.66. The number of allylic oxidation sites excluding steroid dienone is 6. The fourth-order valence-corrected chi connectivity index (χ4v) is 4.66. The van der Waals surface area contributed by atoms with Crippen LogP contribution in [-0.4, -0.2) is 33.3 Å². The van der Waals surface area contributed by atoms with E-state index in [4.69, 9.17) is 0 Å². The molecule has 6 nitrogen and oxygen atoms in total. The summed E-state index contributed by atoms with van der Waals surface area (Å²) in [5.41, 5.74) is 6.57. The second kappa shape index (κ2) is 11.7.